The third-order valence-corrected chi connectivity index (χ3v) is 1.68. The number of nitrogens with zero attached hydrogens (tertiary/aromatic N) is 1. The minimum absolute atomic E-state index is 0.558. The molecule has 0 heterocycles. The fraction of sp³-hybridized carbons (Fsp3) is 0.182. The highest BCUT2D eigenvalue weighted by molar-refractivity contribution is 6.31. The minimum atomic E-state index is 0.558. The second kappa shape index (κ2) is 6.44. The highest BCUT2D eigenvalue weighted by atomic mass is 35.5. The van der Waals surface area contributed by atoms with Crippen LogP contribution in [-0.4, -0.2) is 6.21 Å². The zero-order valence-electron chi connectivity index (χ0n) is 7.89. The lowest BCUT2D eigenvalue weighted by atomic mass is 10.2. The molecule has 13 heavy (non-hydrogen) atoms. The number of hydrogen-bond acceptors (Lipinski definition) is 1. The molecule has 0 aromatic heterocycles. The van der Waals surface area contributed by atoms with Crippen molar-refractivity contribution in [1.82, 2.24) is 0 Å². The molecule has 0 N–H and O–H groups in total. The van der Waals surface area contributed by atoms with Crippen LogP contribution < -0.4 is 0 Å². The van der Waals surface area contributed by atoms with E-state index in [0.29, 0.717) is 5.03 Å². The zero-order valence-corrected chi connectivity index (χ0v) is 8.64. The highest BCUT2D eigenvalue weighted by Gasteiger charge is 1.89. The van der Waals surface area contributed by atoms with Gasteiger partial charge in [0.2, 0.25) is 0 Å². The SMILES string of the molecule is C=CCC(=C)/C=N\C=C(\Cl)C(=C)C. The maximum absolute atomic E-state index is 5.77. The van der Waals surface area contributed by atoms with Gasteiger partial charge in [-0.3, -0.25) is 4.99 Å². The summed E-state index contributed by atoms with van der Waals surface area (Å²) in [5, 5.41) is 0.558. The Morgan fingerprint density at radius 2 is 2.08 bits per heavy atom. The molecule has 0 aliphatic rings. The Morgan fingerprint density at radius 3 is 2.54 bits per heavy atom. The molecule has 0 fully saturated rings. The third-order valence-electron chi connectivity index (χ3n) is 1.26. The Balaban J connectivity index is 4.14. The average molecular weight is 196 g/mol. The predicted molar refractivity (Wildman–Crippen MR) is 61.2 cm³/mol. The van der Waals surface area contributed by atoms with E-state index in [4.69, 9.17) is 11.6 Å². The van der Waals surface area contributed by atoms with Gasteiger partial charge in [0, 0.05) is 12.4 Å². The van der Waals surface area contributed by atoms with Gasteiger partial charge in [-0.2, -0.15) is 0 Å². The maximum atomic E-state index is 5.77. The van der Waals surface area contributed by atoms with E-state index < -0.39 is 0 Å². The maximum Gasteiger partial charge on any atom is 0.0612 e. The molecule has 0 atom stereocenters. The van der Waals surface area contributed by atoms with Crippen molar-refractivity contribution in [3.05, 3.63) is 48.2 Å². The Labute approximate surface area is 84.8 Å². The van der Waals surface area contributed by atoms with E-state index in [0.717, 1.165) is 17.6 Å². The van der Waals surface area contributed by atoms with Crippen LogP contribution in [0.25, 0.3) is 0 Å². The van der Waals surface area contributed by atoms with Gasteiger partial charge >= 0.3 is 0 Å². The molecule has 0 saturated heterocycles. The molecular formula is C11H14ClN. The second-order valence-corrected chi connectivity index (χ2v) is 3.09. The summed E-state index contributed by atoms with van der Waals surface area (Å²) in [6.45, 7) is 12.9. The van der Waals surface area contributed by atoms with E-state index >= 15 is 0 Å². The van der Waals surface area contributed by atoms with Gasteiger partial charge in [-0.25, -0.2) is 0 Å². The molecular weight excluding hydrogens is 182 g/mol. The Hall–Kier alpha value is -1.08. The minimum Gasteiger partial charge on any atom is -0.263 e. The first-order valence-corrected chi connectivity index (χ1v) is 4.29. The molecule has 0 aromatic carbocycles. The Bertz CT molecular complexity index is 272. The zero-order chi connectivity index (χ0) is 10.3. The molecule has 0 unspecified atom stereocenters. The average Bonchev–Trinajstić information content (AvgIpc) is 2.04. The molecule has 1 nitrogen and oxygen atoms in total. The quantitative estimate of drug-likeness (QED) is 0.359. The molecule has 0 aliphatic heterocycles. The van der Waals surface area contributed by atoms with Crippen LogP contribution in [0.2, 0.25) is 0 Å². The van der Waals surface area contributed by atoms with Crippen LogP contribution in [0.1, 0.15) is 13.3 Å². The number of aliphatic imine (C=N–C) groups is 1. The summed E-state index contributed by atoms with van der Waals surface area (Å²) < 4.78 is 0. The third kappa shape index (κ3) is 6.12. The first-order chi connectivity index (χ1) is 6.07. The van der Waals surface area contributed by atoms with E-state index in [-0.39, 0.29) is 0 Å². The topological polar surface area (TPSA) is 12.4 Å². The van der Waals surface area contributed by atoms with E-state index in [1.165, 1.54) is 0 Å². The van der Waals surface area contributed by atoms with Crippen LogP contribution in [0.3, 0.4) is 0 Å². The lowest BCUT2D eigenvalue weighted by molar-refractivity contribution is 1.35. The molecule has 0 radical (unpaired) electrons. The Morgan fingerprint density at radius 1 is 1.46 bits per heavy atom. The molecule has 0 aromatic rings. The summed E-state index contributed by atoms with van der Waals surface area (Å²) in [7, 11) is 0. The summed E-state index contributed by atoms with van der Waals surface area (Å²) in [4.78, 5) is 3.98. The standard InChI is InChI=1S/C11H14ClN/c1-5-6-10(4)7-13-8-11(12)9(2)3/h5,7-8H,1-2,4,6H2,3H3/b11-8+,13-7-. The van der Waals surface area contributed by atoms with Gasteiger partial charge in [-0.15, -0.1) is 6.58 Å². The van der Waals surface area contributed by atoms with Crippen molar-refractivity contribution >= 4 is 17.8 Å². The number of halogens is 1. The van der Waals surface area contributed by atoms with Crippen molar-refractivity contribution in [1.29, 1.82) is 0 Å². The summed E-state index contributed by atoms with van der Waals surface area (Å²) in [5.41, 5.74) is 1.70. The molecule has 0 spiro atoms. The van der Waals surface area contributed by atoms with Crippen molar-refractivity contribution in [2.75, 3.05) is 0 Å². The van der Waals surface area contributed by atoms with Crippen LogP contribution in [0, 0.1) is 0 Å². The van der Waals surface area contributed by atoms with Crippen LogP contribution in [0.4, 0.5) is 0 Å². The van der Waals surface area contributed by atoms with E-state index in [2.05, 4.69) is 24.7 Å². The normalized spacial score (nSPS) is 11.7. The van der Waals surface area contributed by atoms with Gasteiger partial charge in [0.15, 0.2) is 0 Å². The predicted octanol–water partition coefficient (Wildman–Crippen LogP) is 3.85. The van der Waals surface area contributed by atoms with Crippen molar-refractivity contribution in [3.63, 3.8) is 0 Å². The summed E-state index contributed by atoms with van der Waals surface area (Å²) in [6.07, 6.45) is 5.73. The van der Waals surface area contributed by atoms with E-state index in [1.54, 1.807) is 18.5 Å². The summed E-state index contributed by atoms with van der Waals surface area (Å²) >= 11 is 5.77. The molecule has 2 heteroatoms. The van der Waals surface area contributed by atoms with Gasteiger partial charge < -0.3 is 0 Å². The molecule has 0 aliphatic carbocycles. The summed E-state index contributed by atoms with van der Waals surface area (Å²) in [5.74, 6) is 0. The number of hydrogen-bond donors (Lipinski definition) is 0. The van der Waals surface area contributed by atoms with Gasteiger partial charge in [0.1, 0.15) is 0 Å². The fourth-order valence-electron chi connectivity index (χ4n) is 0.556. The van der Waals surface area contributed by atoms with Crippen molar-refractivity contribution < 1.29 is 0 Å². The molecule has 0 saturated carbocycles. The lowest BCUT2D eigenvalue weighted by Crippen LogP contribution is -1.79. The Kier molecular flexibility index (Phi) is 5.90. The largest absolute Gasteiger partial charge is 0.263 e. The van der Waals surface area contributed by atoms with Crippen molar-refractivity contribution in [2.45, 2.75) is 13.3 Å². The summed E-state index contributed by atoms with van der Waals surface area (Å²) in [6, 6.07) is 0. The van der Waals surface area contributed by atoms with Crippen LogP contribution >= 0.6 is 11.6 Å². The second-order valence-electron chi connectivity index (χ2n) is 2.69. The first-order valence-electron chi connectivity index (χ1n) is 3.91. The van der Waals surface area contributed by atoms with Crippen molar-refractivity contribution in [2.24, 2.45) is 4.99 Å². The van der Waals surface area contributed by atoms with Gasteiger partial charge in [-0.05, 0) is 24.5 Å². The van der Waals surface area contributed by atoms with Gasteiger partial charge in [0.05, 0.1) is 5.03 Å². The van der Waals surface area contributed by atoms with Crippen LogP contribution in [-0.2, 0) is 0 Å². The van der Waals surface area contributed by atoms with Gasteiger partial charge in [0.25, 0.3) is 0 Å². The van der Waals surface area contributed by atoms with Gasteiger partial charge in [-0.1, -0.05) is 30.8 Å². The fourth-order valence-corrected chi connectivity index (χ4v) is 0.613. The molecule has 70 valence electrons. The van der Waals surface area contributed by atoms with Crippen LogP contribution in [0.5, 0.6) is 0 Å². The monoisotopic (exact) mass is 195 g/mol. The lowest BCUT2D eigenvalue weighted by Gasteiger charge is -1.92. The van der Waals surface area contributed by atoms with E-state index in [9.17, 15) is 0 Å². The smallest absolute Gasteiger partial charge is 0.0612 e. The highest BCUT2D eigenvalue weighted by Crippen LogP contribution is 2.11. The van der Waals surface area contributed by atoms with Crippen molar-refractivity contribution in [3.8, 4) is 0 Å². The molecule has 0 amide bonds. The number of allylic oxidation sites excluding steroid dienone is 4. The van der Waals surface area contributed by atoms with E-state index in [1.807, 2.05) is 6.92 Å². The number of rotatable bonds is 5. The molecule has 0 bridgehead atoms. The van der Waals surface area contributed by atoms with Crippen LogP contribution in [0.15, 0.2) is 53.2 Å². The molecule has 0 rings (SSSR count). The first kappa shape index (κ1) is 11.9.